The third-order valence-corrected chi connectivity index (χ3v) is 7.83. The van der Waals surface area contributed by atoms with E-state index in [4.69, 9.17) is 37.4 Å². The third-order valence-electron chi connectivity index (χ3n) is 6.45. The molecule has 4 N–H and O–H groups in total. The Kier molecular flexibility index (Phi) is 13.0. The molecular formula is C28H33Cl2IN2O8. The molecule has 1 aliphatic rings. The molecule has 0 saturated heterocycles. The number of amides is 2. The molecule has 0 bridgehead atoms. The Balaban J connectivity index is 2.05. The summed E-state index contributed by atoms with van der Waals surface area (Å²) >= 11 is 14.5. The lowest BCUT2D eigenvalue weighted by Crippen LogP contribution is -2.55. The molecule has 0 aliphatic heterocycles. The number of benzene rings is 2. The minimum Gasteiger partial charge on any atom is -0.493 e. The second-order valence-electron chi connectivity index (χ2n) is 9.18. The Bertz CT molecular complexity index is 1260. The zero-order valence-electron chi connectivity index (χ0n) is 22.6. The molecule has 0 spiro atoms. The lowest BCUT2D eigenvalue weighted by atomic mass is 9.87. The van der Waals surface area contributed by atoms with Crippen LogP contribution in [0.2, 0.25) is 10.0 Å². The molecule has 0 aromatic heterocycles. The summed E-state index contributed by atoms with van der Waals surface area (Å²) in [5.74, 6) is -0.262. The number of nitrogens with one attached hydrogen (secondary N) is 1. The Morgan fingerprint density at radius 3 is 2.59 bits per heavy atom. The fraction of sp³-hybridized carbons (Fsp3) is 0.429. The van der Waals surface area contributed by atoms with Crippen LogP contribution < -0.4 is 14.8 Å². The van der Waals surface area contributed by atoms with Crippen LogP contribution in [-0.4, -0.2) is 83.8 Å². The molecule has 1 aliphatic carbocycles. The largest absolute Gasteiger partial charge is 0.493 e. The molecule has 0 radical (unpaired) electrons. The van der Waals surface area contributed by atoms with Gasteiger partial charge in [0.2, 0.25) is 11.8 Å². The van der Waals surface area contributed by atoms with Crippen molar-refractivity contribution in [3.63, 3.8) is 0 Å². The minimum absolute atomic E-state index is 0.000953. The van der Waals surface area contributed by atoms with Gasteiger partial charge < -0.3 is 39.7 Å². The first kappa shape index (κ1) is 33.4. The maximum atomic E-state index is 13.5. The number of rotatable bonds is 13. The highest BCUT2D eigenvalue weighted by atomic mass is 127. The van der Waals surface area contributed by atoms with Crippen LogP contribution in [0.1, 0.15) is 24.5 Å². The summed E-state index contributed by atoms with van der Waals surface area (Å²) in [6, 6.07) is 7.31. The van der Waals surface area contributed by atoms with Crippen LogP contribution in [0.15, 0.2) is 42.0 Å². The van der Waals surface area contributed by atoms with Crippen molar-refractivity contribution in [2.45, 2.75) is 44.7 Å². The van der Waals surface area contributed by atoms with Gasteiger partial charge in [0.05, 0.1) is 29.9 Å². The average Bonchev–Trinajstić information content (AvgIpc) is 2.96. The zero-order valence-corrected chi connectivity index (χ0v) is 26.3. The Morgan fingerprint density at radius 1 is 1.20 bits per heavy atom. The van der Waals surface area contributed by atoms with Gasteiger partial charge in [0.15, 0.2) is 11.5 Å². The molecule has 0 fully saturated rings. The van der Waals surface area contributed by atoms with Gasteiger partial charge in [-0.25, -0.2) is 0 Å². The van der Waals surface area contributed by atoms with E-state index < -0.39 is 30.1 Å². The van der Waals surface area contributed by atoms with Crippen LogP contribution >= 0.6 is 45.8 Å². The van der Waals surface area contributed by atoms with Crippen LogP contribution in [0, 0.1) is 3.57 Å². The van der Waals surface area contributed by atoms with Crippen molar-refractivity contribution in [2.75, 3.05) is 33.5 Å². The minimum atomic E-state index is -1.28. The normalized spacial score (nSPS) is 18.4. The van der Waals surface area contributed by atoms with E-state index in [1.54, 1.807) is 37.3 Å². The van der Waals surface area contributed by atoms with E-state index in [9.17, 15) is 24.9 Å². The number of ether oxygens (including phenoxy) is 3. The van der Waals surface area contributed by atoms with E-state index in [1.165, 1.54) is 18.1 Å². The molecule has 2 aromatic rings. The summed E-state index contributed by atoms with van der Waals surface area (Å²) in [4.78, 5) is 27.9. The predicted molar refractivity (Wildman–Crippen MR) is 162 cm³/mol. The lowest BCUT2D eigenvalue weighted by Gasteiger charge is -2.40. The van der Waals surface area contributed by atoms with Crippen LogP contribution in [-0.2, 0) is 27.5 Å². The highest BCUT2D eigenvalue weighted by Gasteiger charge is 2.41. The maximum Gasteiger partial charge on any atom is 0.249 e. The van der Waals surface area contributed by atoms with Crippen LogP contribution in [0.4, 0.5) is 0 Å². The molecule has 3 rings (SSSR count). The van der Waals surface area contributed by atoms with Crippen molar-refractivity contribution in [3.8, 4) is 11.5 Å². The van der Waals surface area contributed by atoms with Crippen LogP contribution in [0.5, 0.6) is 11.5 Å². The number of aliphatic hydroxyl groups is 3. The number of nitrogens with zero attached hydrogens (tertiary/aromatic N) is 1. The van der Waals surface area contributed by atoms with Crippen LogP contribution in [0.3, 0.4) is 0 Å². The molecule has 0 heterocycles. The number of carbonyl (C=O) groups excluding carboxylic acids is 2. The Hall–Kier alpha value is -2.13. The van der Waals surface area contributed by atoms with Crippen molar-refractivity contribution in [2.24, 2.45) is 0 Å². The van der Waals surface area contributed by atoms with E-state index in [0.29, 0.717) is 42.8 Å². The molecule has 0 saturated carbocycles. The third kappa shape index (κ3) is 8.69. The van der Waals surface area contributed by atoms with Gasteiger partial charge in [-0.15, -0.1) is 0 Å². The molecule has 224 valence electrons. The van der Waals surface area contributed by atoms with Gasteiger partial charge >= 0.3 is 0 Å². The number of aliphatic hydroxyl groups excluding tert-OH is 3. The molecule has 41 heavy (non-hydrogen) atoms. The second kappa shape index (κ2) is 15.9. The summed E-state index contributed by atoms with van der Waals surface area (Å²) in [7, 11) is 1.45. The highest BCUT2D eigenvalue weighted by Crippen LogP contribution is 2.37. The van der Waals surface area contributed by atoms with E-state index in [0.717, 1.165) is 0 Å². The van der Waals surface area contributed by atoms with Gasteiger partial charge in [0.25, 0.3) is 0 Å². The van der Waals surface area contributed by atoms with Gasteiger partial charge in [0, 0.05) is 41.7 Å². The number of carbonyl (C=O) groups is 2. The van der Waals surface area contributed by atoms with Crippen LogP contribution in [0.25, 0.3) is 0 Å². The van der Waals surface area contributed by atoms with Gasteiger partial charge in [-0.2, -0.15) is 0 Å². The first-order valence-corrected chi connectivity index (χ1v) is 14.7. The molecule has 3 atom stereocenters. The average molecular weight is 723 g/mol. The monoisotopic (exact) mass is 722 g/mol. The standard InChI is InChI=1S/C28H33Cl2IN2O8/c1-3-40-15-25(36)33(13-17-4-5-19(29)12-20(17)30)22-10-18(28(38)32-6-7-34)11-23(26(22)37)41-27-21(31)8-16(14-35)9-24(27)39-2/h4-5,8-9,11-12,22-23,26,34-35,37H,3,6-7,10,13-15H2,1-2H3,(H,32,38)/t22-,23+,26+/m1/s1. The summed E-state index contributed by atoms with van der Waals surface area (Å²) in [5.41, 5.74) is 1.45. The maximum absolute atomic E-state index is 13.5. The van der Waals surface area contributed by atoms with Crippen molar-refractivity contribution in [3.05, 3.63) is 66.7 Å². The summed E-state index contributed by atoms with van der Waals surface area (Å²) in [6.07, 6.45) is -0.851. The Morgan fingerprint density at radius 2 is 1.95 bits per heavy atom. The molecular weight excluding hydrogens is 690 g/mol. The topological polar surface area (TPSA) is 138 Å². The summed E-state index contributed by atoms with van der Waals surface area (Å²) in [6.45, 7) is 1.38. The summed E-state index contributed by atoms with van der Waals surface area (Å²) in [5, 5.41) is 33.8. The van der Waals surface area contributed by atoms with E-state index in [-0.39, 0.29) is 44.9 Å². The second-order valence-corrected chi connectivity index (χ2v) is 11.2. The van der Waals surface area contributed by atoms with Crippen molar-refractivity contribution < 1.29 is 39.1 Å². The van der Waals surface area contributed by atoms with Crippen molar-refractivity contribution in [1.29, 1.82) is 0 Å². The van der Waals surface area contributed by atoms with Crippen molar-refractivity contribution >= 4 is 57.6 Å². The number of methoxy groups -OCH3 is 1. The number of hydrogen-bond donors (Lipinski definition) is 4. The highest BCUT2D eigenvalue weighted by molar-refractivity contribution is 14.1. The van der Waals surface area contributed by atoms with E-state index in [2.05, 4.69) is 5.32 Å². The van der Waals surface area contributed by atoms with Crippen molar-refractivity contribution in [1.82, 2.24) is 10.2 Å². The molecule has 2 amide bonds. The van der Waals surface area contributed by atoms with Gasteiger partial charge in [-0.05, 0) is 71.0 Å². The fourth-order valence-electron chi connectivity index (χ4n) is 4.39. The van der Waals surface area contributed by atoms with E-state index >= 15 is 0 Å². The first-order chi connectivity index (χ1) is 19.6. The molecule has 10 nitrogen and oxygen atoms in total. The SMILES string of the molecule is CCOCC(=O)N(Cc1ccc(Cl)cc1Cl)[C@@H]1CC(C(=O)NCCO)=C[C@H](Oc2c(I)cc(CO)cc2OC)[C@H]1O. The Labute approximate surface area is 262 Å². The number of hydrogen-bond acceptors (Lipinski definition) is 8. The summed E-state index contributed by atoms with van der Waals surface area (Å²) < 4.78 is 17.7. The molecule has 13 heteroatoms. The van der Waals surface area contributed by atoms with Gasteiger partial charge in [-0.3, -0.25) is 9.59 Å². The molecule has 2 aromatic carbocycles. The fourth-order valence-corrected chi connectivity index (χ4v) is 5.65. The first-order valence-electron chi connectivity index (χ1n) is 12.9. The van der Waals surface area contributed by atoms with E-state index in [1.807, 2.05) is 22.6 Å². The number of halogens is 3. The predicted octanol–water partition coefficient (Wildman–Crippen LogP) is 3.08. The molecule has 0 unspecified atom stereocenters. The van der Waals surface area contributed by atoms with Gasteiger partial charge in [-0.1, -0.05) is 29.3 Å². The zero-order chi connectivity index (χ0) is 30.1. The lowest BCUT2D eigenvalue weighted by molar-refractivity contribution is -0.144. The van der Waals surface area contributed by atoms with Gasteiger partial charge in [0.1, 0.15) is 18.8 Å². The quantitative estimate of drug-likeness (QED) is 0.232. The smallest absolute Gasteiger partial charge is 0.249 e.